The van der Waals surface area contributed by atoms with E-state index in [9.17, 15) is 9.59 Å². The van der Waals surface area contributed by atoms with Crippen LogP contribution in [0.25, 0.3) is 0 Å². The molecule has 1 spiro atoms. The number of rotatable bonds is 4. The Labute approximate surface area is 144 Å². The summed E-state index contributed by atoms with van der Waals surface area (Å²) >= 11 is 0. The fourth-order valence-corrected chi connectivity index (χ4v) is 4.36. The molecule has 2 aliphatic carbocycles. The number of carbonyl (C=O) groups is 2. The summed E-state index contributed by atoms with van der Waals surface area (Å²) in [5.41, 5.74) is 0.941. The molecule has 3 rings (SSSR count). The average Bonchev–Trinajstić information content (AvgIpc) is 3.09. The molecule has 3 aliphatic rings. The molecule has 5 nitrogen and oxygen atoms in total. The predicted molar refractivity (Wildman–Crippen MR) is 92.7 cm³/mol. The van der Waals surface area contributed by atoms with Crippen LogP contribution in [0.4, 0.5) is 0 Å². The van der Waals surface area contributed by atoms with Gasteiger partial charge in [0.2, 0.25) is 5.91 Å². The lowest BCUT2D eigenvalue weighted by molar-refractivity contribution is -0.141. The van der Waals surface area contributed by atoms with Crippen LogP contribution in [0.15, 0.2) is 5.16 Å². The Morgan fingerprint density at radius 3 is 2.62 bits per heavy atom. The molecule has 0 N–H and O–H groups in total. The van der Waals surface area contributed by atoms with Gasteiger partial charge in [-0.15, -0.1) is 0 Å². The predicted octanol–water partition coefficient (Wildman–Crippen LogP) is 3.46. The van der Waals surface area contributed by atoms with E-state index in [-0.39, 0.29) is 29.0 Å². The van der Waals surface area contributed by atoms with Gasteiger partial charge in [-0.25, -0.2) is 0 Å². The molecule has 2 saturated carbocycles. The largest absolute Gasteiger partial charge is 0.389 e. The van der Waals surface area contributed by atoms with Gasteiger partial charge in [0, 0.05) is 37.3 Å². The van der Waals surface area contributed by atoms with Gasteiger partial charge in [-0.1, -0.05) is 5.16 Å². The lowest BCUT2D eigenvalue weighted by atomic mass is 9.79. The molecule has 0 aromatic heterocycles. The highest BCUT2D eigenvalue weighted by Gasteiger charge is 2.50. The summed E-state index contributed by atoms with van der Waals surface area (Å²) in [5.74, 6) is 0.501. The number of oxime groups is 1. The highest BCUT2D eigenvalue weighted by molar-refractivity contribution is 5.88. The van der Waals surface area contributed by atoms with E-state index in [0.29, 0.717) is 12.2 Å². The summed E-state index contributed by atoms with van der Waals surface area (Å²) in [5, 5.41) is 4.22. The van der Waals surface area contributed by atoms with Gasteiger partial charge in [0.1, 0.15) is 11.4 Å². The third-order valence-electron chi connectivity index (χ3n) is 5.65. The molecular weight excluding hydrogens is 304 g/mol. The van der Waals surface area contributed by atoms with Crippen molar-refractivity contribution in [1.82, 2.24) is 4.90 Å². The van der Waals surface area contributed by atoms with Crippen molar-refractivity contribution in [2.75, 3.05) is 0 Å². The minimum atomic E-state index is -0.205. The van der Waals surface area contributed by atoms with Gasteiger partial charge in [0.15, 0.2) is 0 Å². The summed E-state index contributed by atoms with van der Waals surface area (Å²) in [4.78, 5) is 32.0. The molecule has 5 heteroatoms. The zero-order valence-corrected chi connectivity index (χ0v) is 15.4. The summed E-state index contributed by atoms with van der Waals surface area (Å²) in [6.45, 7) is 7.84. The number of ketones is 1. The van der Waals surface area contributed by atoms with Gasteiger partial charge < -0.3 is 9.74 Å². The lowest BCUT2D eigenvalue weighted by Crippen LogP contribution is -2.53. The van der Waals surface area contributed by atoms with Crippen LogP contribution in [-0.4, -0.2) is 39.5 Å². The maximum absolute atomic E-state index is 12.4. The molecule has 1 heterocycles. The number of amides is 1. The first-order valence-corrected chi connectivity index (χ1v) is 9.27. The monoisotopic (exact) mass is 334 g/mol. The molecule has 0 aromatic rings. The average molecular weight is 334 g/mol. The maximum Gasteiger partial charge on any atom is 0.220 e. The first kappa shape index (κ1) is 17.4. The summed E-state index contributed by atoms with van der Waals surface area (Å²) in [6.07, 6.45) is 7.02. The molecule has 2 atom stereocenters. The van der Waals surface area contributed by atoms with Gasteiger partial charge >= 0.3 is 0 Å². The van der Waals surface area contributed by atoms with Gasteiger partial charge in [-0.05, 0) is 59.3 Å². The number of hydrogen-bond acceptors (Lipinski definition) is 4. The minimum absolute atomic E-state index is 0.0338. The Kier molecular flexibility index (Phi) is 4.47. The van der Waals surface area contributed by atoms with Crippen molar-refractivity contribution < 1.29 is 14.4 Å². The Morgan fingerprint density at radius 2 is 2.08 bits per heavy atom. The summed E-state index contributed by atoms with van der Waals surface area (Å²) in [6, 6.07) is 0.168. The fourth-order valence-electron chi connectivity index (χ4n) is 4.36. The van der Waals surface area contributed by atoms with Crippen LogP contribution in [0.3, 0.4) is 0 Å². The fraction of sp³-hybridized carbons (Fsp3) is 0.842. The zero-order valence-electron chi connectivity index (χ0n) is 15.4. The molecule has 0 saturated heterocycles. The molecule has 134 valence electrons. The van der Waals surface area contributed by atoms with E-state index < -0.39 is 0 Å². The summed E-state index contributed by atoms with van der Waals surface area (Å²) < 4.78 is 0. The van der Waals surface area contributed by atoms with Crippen LogP contribution in [0.1, 0.15) is 79.1 Å². The second kappa shape index (κ2) is 6.16. The second-order valence-corrected chi connectivity index (χ2v) is 8.80. The highest BCUT2D eigenvalue weighted by atomic mass is 16.7. The van der Waals surface area contributed by atoms with E-state index in [1.165, 1.54) is 0 Å². The lowest BCUT2D eigenvalue weighted by Gasteiger charge is -2.44. The molecule has 0 bridgehead atoms. The van der Waals surface area contributed by atoms with E-state index >= 15 is 0 Å². The van der Waals surface area contributed by atoms with Crippen molar-refractivity contribution in [2.24, 2.45) is 11.1 Å². The molecule has 0 radical (unpaired) electrons. The number of carbonyl (C=O) groups excluding carboxylic acids is 2. The first-order valence-electron chi connectivity index (χ1n) is 9.27. The van der Waals surface area contributed by atoms with E-state index in [1.807, 2.05) is 4.90 Å². The van der Waals surface area contributed by atoms with Crippen LogP contribution < -0.4 is 0 Å². The molecule has 24 heavy (non-hydrogen) atoms. The van der Waals surface area contributed by atoms with Crippen molar-refractivity contribution in [3.05, 3.63) is 0 Å². The normalized spacial score (nSPS) is 28.5. The Hall–Kier alpha value is -1.39. The zero-order chi connectivity index (χ0) is 17.5. The molecule has 1 aliphatic heterocycles. The maximum atomic E-state index is 12.4. The Balaban J connectivity index is 1.58. The van der Waals surface area contributed by atoms with E-state index in [0.717, 1.165) is 50.7 Å². The van der Waals surface area contributed by atoms with E-state index in [1.54, 1.807) is 6.92 Å². The van der Waals surface area contributed by atoms with Crippen molar-refractivity contribution in [3.63, 3.8) is 0 Å². The highest BCUT2D eigenvalue weighted by Crippen LogP contribution is 2.47. The molecule has 2 unspecified atom stereocenters. The van der Waals surface area contributed by atoms with Gasteiger partial charge in [0.25, 0.3) is 0 Å². The first-order chi connectivity index (χ1) is 11.2. The molecule has 2 fully saturated rings. The smallest absolute Gasteiger partial charge is 0.220 e. The molecule has 0 aromatic carbocycles. The SMILES string of the molecule is CC(=O)N(C1CCC(=O)C(CCC2=NOC3(CC3)C2)C1)C(C)(C)C. The topological polar surface area (TPSA) is 59.0 Å². The van der Waals surface area contributed by atoms with Gasteiger partial charge in [0.05, 0.1) is 5.71 Å². The van der Waals surface area contributed by atoms with Crippen LogP contribution in [0.2, 0.25) is 0 Å². The number of nitrogens with zero attached hydrogens (tertiary/aromatic N) is 2. The van der Waals surface area contributed by atoms with Crippen molar-refractivity contribution in [2.45, 2.75) is 96.2 Å². The van der Waals surface area contributed by atoms with Gasteiger partial charge in [-0.2, -0.15) is 0 Å². The van der Waals surface area contributed by atoms with Crippen LogP contribution >= 0.6 is 0 Å². The van der Waals surface area contributed by atoms with E-state index in [4.69, 9.17) is 4.84 Å². The van der Waals surface area contributed by atoms with Gasteiger partial charge in [-0.3, -0.25) is 9.59 Å². The van der Waals surface area contributed by atoms with Crippen molar-refractivity contribution >= 4 is 17.4 Å². The number of Topliss-reactive ketones (excluding diaryl/α,β-unsaturated/α-hetero) is 1. The van der Waals surface area contributed by atoms with Crippen LogP contribution in [0, 0.1) is 5.92 Å². The van der Waals surface area contributed by atoms with Crippen LogP contribution in [0.5, 0.6) is 0 Å². The Bertz CT molecular complexity index is 557. The molecular formula is C19H30N2O3. The third kappa shape index (κ3) is 3.65. The minimum Gasteiger partial charge on any atom is -0.389 e. The van der Waals surface area contributed by atoms with E-state index in [2.05, 4.69) is 25.9 Å². The second-order valence-electron chi connectivity index (χ2n) is 8.80. The number of hydrogen-bond donors (Lipinski definition) is 0. The van der Waals surface area contributed by atoms with Crippen molar-refractivity contribution in [1.29, 1.82) is 0 Å². The molecule has 1 amide bonds. The summed E-state index contributed by atoms with van der Waals surface area (Å²) in [7, 11) is 0. The van der Waals surface area contributed by atoms with Crippen LogP contribution in [-0.2, 0) is 14.4 Å². The third-order valence-corrected chi connectivity index (χ3v) is 5.65. The van der Waals surface area contributed by atoms with Crippen molar-refractivity contribution in [3.8, 4) is 0 Å². The standard InChI is InChI=1S/C19H30N2O3/c1-13(22)21(18(2,3)4)16-7-8-17(23)14(11-16)5-6-15-12-19(9-10-19)24-20-15/h14,16H,5-12H2,1-4H3. The Morgan fingerprint density at radius 1 is 1.38 bits per heavy atom. The quantitative estimate of drug-likeness (QED) is 0.791.